The fourth-order valence-electron chi connectivity index (χ4n) is 6.58. The molecule has 168 valence electrons. The summed E-state index contributed by atoms with van der Waals surface area (Å²) < 4.78 is 5.89. The van der Waals surface area contributed by atoms with E-state index < -0.39 is 0 Å². The van der Waals surface area contributed by atoms with Crippen LogP contribution in [0.25, 0.3) is 0 Å². The van der Waals surface area contributed by atoms with E-state index in [1.165, 1.54) is 51.4 Å². The molecular weight excluding hydrogens is 378 g/mol. The molecular formula is C24H39N3O3. The fourth-order valence-corrected chi connectivity index (χ4v) is 6.58. The smallest absolute Gasteiger partial charge is 0.410 e. The highest BCUT2D eigenvalue weighted by Gasteiger charge is 2.62. The van der Waals surface area contributed by atoms with Gasteiger partial charge in [0, 0.05) is 44.4 Å². The third-order valence-electron chi connectivity index (χ3n) is 9.00. The maximum Gasteiger partial charge on any atom is 0.410 e. The van der Waals surface area contributed by atoms with Crippen molar-refractivity contribution in [1.82, 2.24) is 14.7 Å². The van der Waals surface area contributed by atoms with Crippen LogP contribution in [0, 0.1) is 11.3 Å². The molecule has 0 aromatic carbocycles. The largest absolute Gasteiger partial charge is 0.441 e. The highest BCUT2D eigenvalue weighted by molar-refractivity contribution is 5.83. The van der Waals surface area contributed by atoms with Crippen molar-refractivity contribution in [2.75, 3.05) is 39.8 Å². The predicted octanol–water partition coefficient (Wildman–Crippen LogP) is 3.64. The second-order valence-electron chi connectivity index (χ2n) is 10.9. The van der Waals surface area contributed by atoms with Gasteiger partial charge in [0.25, 0.3) is 0 Å². The van der Waals surface area contributed by atoms with Crippen LogP contribution in [0.15, 0.2) is 0 Å². The number of rotatable bonds is 6. The van der Waals surface area contributed by atoms with Crippen LogP contribution in [0.1, 0.15) is 77.0 Å². The number of carbonyl (C=O) groups is 2. The van der Waals surface area contributed by atoms with E-state index in [0.29, 0.717) is 23.8 Å². The third kappa shape index (κ3) is 3.85. The highest BCUT2D eigenvalue weighted by atomic mass is 16.6. The van der Waals surface area contributed by atoms with Gasteiger partial charge in [-0.25, -0.2) is 4.79 Å². The van der Waals surface area contributed by atoms with Crippen molar-refractivity contribution in [3.8, 4) is 0 Å². The van der Waals surface area contributed by atoms with E-state index in [9.17, 15) is 9.59 Å². The lowest BCUT2D eigenvalue weighted by atomic mass is 9.79. The summed E-state index contributed by atoms with van der Waals surface area (Å²) in [5, 5.41) is 0. The van der Waals surface area contributed by atoms with Gasteiger partial charge in [0.05, 0.1) is 6.54 Å². The highest BCUT2D eigenvalue weighted by Crippen LogP contribution is 2.66. The molecule has 3 aliphatic carbocycles. The maximum absolute atomic E-state index is 12.8. The van der Waals surface area contributed by atoms with E-state index in [1.807, 2.05) is 4.90 Å². The molecule has 0 aromatic heterocycles. The molecule has 0 bridgehead atoms. The van der Waals surface area contributed by atoms with Gasteiger partial charge < -0.3 is 19.4 Å². The minimum absolute atomic E-state index is 0.147. The molecule has 2 heterocycles. The van der Waals surface area contributed by atoms with Gasteiger partial charge in [-0.2, -0.15) is 0 Å². The molecule has 6 heteroatoms. The van der Waals surface area contributed by atoms with Gasteiger partial charge in [-0.15, -0.1) is 0 Å². The summed E-state index contributed by atoms with van der Waals surface area (Å²) in [6.45, 7) is 4.03. The van der Waals surface area contributed by atoms with Gasteiger partial charge in [0.15, 0.2) is 0 Å². The minimum atomic E-state index is -0.360. The molecule has 30 heavy (non-hydrogen) atoms. The molecule has 5 rings (SSSR count). The van der Waals surface area contributed by atoms with Crippen molar-refractivity contribution in [2.24, 2.45) is 11.3 Å². The molecule has 2 saturated heterocycles. The van der Waals surface area contributed by atoms with E-state index in [4.69, 9.17) is 4.74 Å². The molecule has 2 aliphatic heterocycles. The summed E-state index contributed by atoms with van der Waals surface area (Å²) in [4.78, 5) is 31.8. The zero-order valence-electron chi connectivity index (χ0n) is 18.7. The number of piperidine rings is 1. The van der Waals surface area contributed by atoms with Crippen molar-refractivity contribution in [1.29, 1.82) is 0 Å². The number of hydrogen-bond acceptors (Lipinski definition) is 4. The Balaban J connectivity index is 1.06. The average molecular weight is 418 g/mol. The summed E-state index contributed by atoms with van der Waals surface area (Å²) in [7, 11) is 2.24. The monoisotopic (exact) mass is 417 g/mol. The van der Waals surface area contributed by atoms with Gasteiger partial charge in [-0.1, -0.05) is 25.7 Å². The first-order valence-electron chi connectivity index (χ1n) is 12.5. The number of ether oxygens (including phenoxy) is 1. The van der Waals surface area contributed by atoms with Crippen LogP contribution in [0.5, 0.6) is 0 Å². The molecule has 2 amide bonds. The number of hydrogen-bond donors (Lipinski definition) is 0. The SMILES string of the molecule is CN(CCCN1CC2(CCN(C(=O)[C@@H]3CC34CCC4)CC2)OC1=O)C1CCCCC1. The molecule has 5 aliphatic rings. The molecule has 1 atom stereocenters. The standard InChI is InChI=1S/C24H39N3O3/c1-25(19-7-3-2-4-8-19)13-6-14-27-18-24(30-22(27)29)11-15-26(16-12-24)21(28)20-17-23(20)9-5-10-23/h19-20H,2-18H2,1H3/t20-/m0/s1. The minimum Gasteiger partial charge on any atom is -0.441 e. The first kappa shape index (κ1) is 20.6. The molecule has 5 fully saturated rings. The van der Waals surface area contributed by atoms with Crippen LogP contribution in [-0.4, -0.2) is 78.1 Å². The molecule has 0 radical (unpaired) electrons. The predicted molar refractivity (Wildman–Crippen MR) is 115 cm³/mol. The lowest BCUT2D eigenvalue weighted by Crippen LogP contribution is -2.49. The zero-order valence-corrected chi connectivity index (χ0v) is 18.7. The first-order valence-corrected chi connectivity index (χ1v) is 12.5. The van der Waals surface area contributed by atoms with Gasteiger partial charge in [0.1, 0.15) is 5.60 Å². The van der Waals surface area contributed by atoms with Crippen molar-refractivity contribution in [2.45, 2.75) is 88.7 Å². The van der Waals surface area contributed by atoms with Gasteiger partial charge >= 0.3 is 6.09 Å². The van der Waals surface area contributed by atoms with Crippen LogP contribution in [0.3, 0.4) is 0 Å². The van der Waals surface area contributed by atoms with E-state index in [-0.39, 0.29) is 11.7 Å². The van der Waals surface area contributed by atoms with E-state index in [0.717, 1.165) is 57.9 Å². The van der Waals surface area contributed by atoms with Crippen LogP contribution < -0.4 is 0 Å². The Morgan fingerprint density at radius 1 is 1.10 bits per heavy atom. The normalized spacial score (nSPS) is 30.1. The van der Waals surface area contributed by atoms with Crippen LogP contribution in [-0.2, 0) is 9.53 Å². The Bertz CT molecular complexity index is 663. The molecule has 3 saturated carbocycles. The summed E-state index contributed by atoms with van der Waals surface area (Å²) in [5.41, 5.74) is 0.0362. The van der Waals surface area contributed by atoms with Gasteiger partial charge in [0.2, 0.25) is 5.91 Å². The summed E-state index contributed by atoms with van der Waals surface area (Å²) in [6, 6.07) is 0.725. The molecule has 0 unspecified atom stereocenters. The quantitative estimate of drug-likeness (QED) is 0.662. The number of nitrogens with zero attached hydrogens (tertiary/aromatic N) is 3. The Hall–Kier alpha value is -1.30. The Kier molecular flexibility index (Phi) is 5.49. The van der Waals surface area contributed by atoms with E-state index in [2.05, 4.69) is 16.8 Å². The molecule has 6 nitrogen and oxygen atoms in total. The lowest BCUT2D eigenvalue weighted by molar-refractivity contribution is -0.137. The third-order valence-corrected chi connectivity index (χ3v) is 9.00. The fraction of sp³-hybridized carbons (Fsp3) is 0.917. The van der Waals surface area contributed by atoms with E-state index >= 15 is 0 Å². The van der Waals surface area contributed by atoms with Crippen molar-refractivity contribution in [3.63, 3.8) is 0 Å². The molecule has 2 spiro atoms. The van der Waals surface area contributed by atoms with Crippen molar-refractivity contribution in [3.05, 3.63) is 0 Å². The van der Waals surface area contributed by atoms with Gasteiger partial charge in [-0.3, -0.25) is 4.79 Å². The van der Waals surface area contributed by atoms with Gasteiger partial charge in [-0.05, 0) is 57.5 Å². The summed E-state index contributed by atoms with van der Waals surface area (Å²) in [6.07, 6.45) is 14.1. The van der Waals surface area contributed by atoms with Crippen LogP contribution >= 0.6 is 0 Å². The molecule has 0 N–H and O–H groups in total. The number of likely N-dealkylation sites (tertiary alicyclic amines) is 1. The Morgan fingerprint density at radius 2 is 1.83 bits per heavy atom. The summed E-state index contributed by atoms with van der Waals surface area (Å²) >= 11 is 0. The number of amides is 2. The second-order valence-corrected chi connectivity index (χ2v) is 10.9. The van der Waals surface area contributed by atoms with Crippen LogP contribution in [0.4, 0.5) is 4.79 Å². The Morgan fingerprint density at radius 3 is 2.47 bits per heavy atom. The zero-order chi connectivity index (χ0) is 20.8. The van der Waals surface area contributed by atoms with E-state index in [1.54, 1.807) is 0 Å². The van der Waals surface area contributed by atoms with Crippen molar-refractivity contribution >= 4 is 12.0 Å². The molecule has 0 aromatic rings. The Labute approximate surface area is 181 Å². The topological polar surface area (TPSA) is 53.1 Å². The second kappa shape index (κ2) is 7.99. The average Bonchev–Trinajstić information content (AvgIpc) is 3.44. The first-order chi connectivity index (χ1) is 14.5. The lowest BCUT2D eigenvalue weighted by Gasteiger charge is -2.38. The maximum atomic E-state index is 12.8. The van der Waals surface area contributed by atoms with Crippen molar-refractivity contribution < 1.29 is 14.3 Å². The number of carbonyl (C=O) groups excluding carboxylic acids is 2. The summed E-state index contributed by atoms with van der Waals surface area (Å²) in [5.74, 6) is 0.667. The van der Waals surface area contributed by atoms with Crippen LogP contribution in [0.2, 0.25) is 0 Å².